The largest absolute Gasteiger partial charge is 0.246 e. The molecule has 0 unspecified atom stereocenters. The lowest BCUT2D eigenvalue weighted by Crippen LogP contribution is -1.97. The first-order valence-electron chi connectivity index (χ1n) is 20.0. The van der Waals surface area contributed by atoms with Crippen LogP contribution in [0.4, 0.5) is 0 Å². The van der Waals surface area contributed by atoms with Crippen LogP contribution >= 0.6 is 0 Å². The molecule has 0 saturated carbocycles. The number of pyridine rings is 6. The molecule has 0 fully saturated rings. The number of nitrogens with zero attached hydrogens (tertiary/aromatic N) is 6. The number of hydrogen-bond donors (Lipinski definition) is 0. The molecule has 12 rings (SSSR count). The van der Waals surface area contributed by atoms with E-state index in [2.05, 4.69) is 146 Å². The van der Waals surface area contributed by atoms with Gasteiger partial charge in [-0.25, -0.2) is 29.9 Å². The van der Waals surface area contributed by atoms with Gasteiger partial charge in [0, 0.05) is 21.5 Å². The van der Waals surface area contributed by atoms with Gasteiger partial charge in [0.15, 0.2) is 0 Å². The van der Waals surface area contributed by atoms with Crippen molar-refractivity contribution in [1.29, 1.82) is 0 Å². The van der Waals surface area contributed by atoms with Crippen LogP contribution in [0.3, 0.4) is 0 Å². The summed E-state index contributed by atoms with van der Waals surface area (Å²) in [5, 5.41) is 8.95. The molecule has 0 amide bonds. The number of fused-ring (bicyclic) bond motifs is 6. The van der Waals surface area contributed by atoms with E-state index in [1.165, 1.54) is 10.8 Å². The molecule has 0 N–H and O–H groups in total. The Balaban J connectivity index is 1.08. The lowest BCUT2D eigenvalue weighted by molar-refractivity contribution is 1.24. The second-order valence-electron chi connectivity index (χ2n) is 15.2. The first kappa shape index (κ1) is 33.9. The zero-order valence-electron chi connectivity index (χ0n) is 32.2. The van der Waals surface area contributed by atoms with Crippen molar-refractivity contribution < 1.29 is 0 Å². The molecule has 0 radical (unpaired) electrons. The summed E-state index contributed by atoms with van der Waals surface area (Å²) in [6.45, 7) is 0. The predicted octanol–water partition coefficient (Wildman–Crippen LogP) is 13.3. The minimum absolute atomic E-state index is 0.741. The molecular formula is C54H32N6. The summed E-state index contributed by atoms with van der Waals surface area (Å²) in [5.41, 5.74) is 11.6. The van der Waals surface area contributed by atoms with Gasteiger partial charge in [-0.2, -0.15) is 0 Å². The monoisotopic (exact) mass is 764 g/mol. The fourth-order valence-corrected chi connectivity index (χ4v) is 8.25. The molecule has 0 saturated heterocycles. The van der Waals surface area contributed by atoms with Gasteiger partial charge in [0.25, 0.3) is 0 Å². The molecule has 6 heterocycles. The normalized spacial score (nSPS) is 11.7. The smallest absolute Gasteiger partial charge is 0.0900 e. The number of rotatable bonds is 5. The van der Waals surface area contributed by atoms with E-state index in [1.807, 2.05) is 48.5 Å². The zero-order valence-corrected chi connectivity index (χ0v) is 32.2. The highest BCUT2D eigenvalue weighted by Crippen LogP contribution is 2.36. The number of benzene rings is 6. The highest BCUT2D eigenvalue weighted by atomic mass is 14.8. The zero-order chi connectivity index (χ0) is 39.6. The van der Waals surface area contributed by atoms with Crippen LogP contribution < -0.4 is 0 Å². The average molecular weight is 765 g/mol. The third kappa shape index (κ3) is 6.06. The Bertz CT molecular complexity index is 3460. The molecule has 6 aromatic heterocycles. The Kier molecular flexibility index (Phi) is 7.74. The molecule has 0 spiro atoms. The van der Waals surface area contributed by atoms with Crippen LogP contribution in [0.25, 0.3) is 122 Å². The summed E-state index contributed by atoms with van der Waals surface area (Å²) in [6.07, 6.45) is 0. The van der Waals surface area contributed by atoms with E-state index < -0.39 is 0 Å². The quantitative estimate of drug-likeness (QED) is 0.162. The van der Waals surface area contributed by atoms with Gasteiger partial charge < -0.3 is 0 Å². The second-order valence-corrected chi connectivity index (χ2v) is 15.2. The van der Waals surface area contributed by atoms with Crippen LogP contribution in [0.15, 0.2) is 194 Å². The van der Waals surface area contributed by atoms with E-state index in [4.69, 9.17) is 29.9 Å². The lowest BCUT2D eigenvalue weighted by Gasteiger charge is -2.13. The van der Waals surface area contributed by atoms with Crippen LogP contribution in [-0.4, -0.2) is 29.9 Å². The Hall–Kier alpha value is -8.22. The molecule has 0 bridgehead atoms. The van der Waals surface area contributed by atoms with Gasteiger partial charge in [0.05, 0.1) is 67.6 Å². The molecule has 60 heavy (non-hydrogen) atoms. The third-order valence-corrected chi connectivity index (χ3v) is 11.3. The van der Waals surface area contributed by atoms with Crippen molar-refractivity contribution in [2.75, 3.05) is 0 Å². The van der Waals surface area contributed by atoms with Crippen LogP contribution in [0.1, 0.15) is 0 Å². The van der Waals surface area contributed by atoms with Gasteiger partial charge in [-0.1, -0.05) is 109 Å². The van der Waals surface area contributed by atoms with Crippen molar-refractivity contribution in [3.63, 3.8) is 0 Å². The van der Waals surface area contributed by atoms with Crippen molar-refractivity contribution in [3.05, 3.63) is 194 Å². The first-order chi connectivity index (χ1) is 29.6. The summed E-state index contributed by atoms with van der Waals surface area (Å²) < 4.78 is 0. The van der Waals surface area contributed by atoms with Crippen molar-refractivity contribution in [2.24, 2.45) is 0 Å². The van der Waals surface area contributed by atoms with Gasteiger partial charge in [-0.3, -0.25) is 0 Å². The molecule has 0 atom stereocenters. The molecular weight excluding hydrogens is 733 g/mol. The highest BCUT2D eigenvalue weighted by molar-refractivity contribution is 5.99. The predicted molar refractivity (Wildman–Crippen MR) is 245 cm³/mol. The summed E-state index contributed by atoms with van der Waals surface area (Å²) in [4.78, 5) is 31.1. The molecule has 0 aliphatic heterocycles. The van der Waals surface area contributed by atoms with Gasteiger partial charge in [0.1, 0.15) is 0 Å². The van der Waals surface area contributed by atoms with E-state index in [0.29, 0.717) is 0 Å². The minimum Gasteiger partial charge on any atom is -0.246 e. The van der Waals surface area contributed by atoms with E-state index in [9.17, 15) is 0 Å². The van der Waals surface area contributed by atoms with Gasteiger partial charge in [0.2, 0.25) is 0 Å². The maximum Gasteiger partial charge on any atom is 0.0900 e. The number of aromatic nitrogens is 6. The maximum absolute atomic E-state index is 5.30. The standard InChI is InChI=1S/C54H32N6/c1-3-13-37-27-49-39(25-35(37)11-1)19-23-47(57-49)53-31-42(32-54(60-53)48-24-20-40-26-36-12-2-4-14-38(36)28-50(40)58-48)41-29-51(45-21-17-33-9-5-7-15-43(33)55-45)59-52(30-41)46-22-18-34-10-6-8-16-44(34)56-46/h1-32H. The number of hydrogen-bond acceptors (Lipinski definition) is 6. The van der Waals surface area contributed by atoms with E-state index in [0.717, 1.165) is 111 Å². The fraction of sp³-hybridized carbons (Fsp3) is 0. The fourth-order valence-electron chi connectivity index (χ4n) is 8.25. The van der Waals surface area contributed by atoms with Crippen molar-refractivity contribution in [2.45, 2.75) is 0 Å². The first-order valence-corrected chi connectivity index (χ1v) is 20.0. The third-order valence-electron chi connectivity index (χ3n) is 11.3. The molecule has 6 aromatic carbocycles. The van der Waals surface area contributed by atoms with Crippen LogP contribution in [0, 0.1) is 0 Å². The molecule has 0 aliphatic carbocycles. The van der Waals surface area contributed by atoms with Crippen LogP contribution in [-0.2, 0) is 0 Å². The minimum atomic E-state index is 0.741. The lowest BCUT2D eigenvalue weighted by atomic mass is 9.99. The van der Waals surface area contributed by atoms with Crippen molar-refractivity contribution in [1.82, 2.24) is 29.9 Å². The average Bonchev–Trinajstić information content (AvgIpc) is 3.31. The Labute approximate surface area is 344 Å². The van der Waals surface area contributed by atoms with E-state index >= 15 is 0 Å². The highest BCUT2D eigenvalue weighted by Gasteiger charge is 2.17. The van der Waals surface area contributed by atoms with Gasteiger partial charge >= 0.3 is 0 Å². The van der Waals surface area contributed by atoms with Crippen LogP contribution in [0.2, 0.25) is 0 Å². The Morgan fingerprint density at radius 3 is 0.867 bits per heavy atom. The Morgan fingerprint density at radius 1 is 0.183 bits per heavy atom. The molecule has 12 aromatic rings. The summed E-state index contributed by atoms with van der Waals surface area (Å²) >= 11 is 0. The summed E-state index contributed by atoms with van der Waals surface area (Å²) in [7, 11) is 0. The molecule has 278 valence electrons. The van der Waals surface area contributed by atoms with Gasteiger partial charge in [-0.05, 0) is 118 Å². The van der Waals surface area contributed by atoms with Gasteiger partial charge in [-0.15, -0.1) is 0 Å². The summed E-state index contributed by atoms with van der Waals surface area (Å²) in [5.74, 6) is 0. The SMILES string of the molecule is c1ccc2cc3nc(-c4cc(-c5cc(-c6ccc7ccccc7n6)nc(-c6ccc7ccccc7n6)c5)cc(-c5ccc6cc7ccccc7cc6n5)n4)ccc3cc2c1. The van der Waals surface area contributed by atoms with E-state index in [-0.39, 0.29) is 0 Å². The van der Waals surface area contributed by atoms with Crippen molar-refractivity contribution in [3.8, 4) is 56.7 Å². The molecule has 6 nitrogen and oxygen atoms in total. The molecule has 6 heteroatoms. The van der Waals surface area contributed by atoms with Crippen molar-refractivity contribution >= 4 is 65.2 Å². The number of para-hydroxylation sites is 2. The topological polar surface area (TPSA) is 77.3 Å². The van der Waals surface area contributed by atoms with Crippen LogP contribution in [0.5, 0.6) is 0 Å². The molecule has 0 aliphatic rings. The second kappa shape index (κ2) is 13.7. The summed E-state index contributed by atoms with van der Waals surface area (Å²) in [6, 6.07) is 67.0. The Morgan fingerprint density at radius 2 is 0.483 bits per heavy atom. The van der Waals surface area contributed by atoms with E-state index in [1.54, 1.807) is 0 Å². The maximum atomic E-state index is 5.30.